The van der Waals surface area contributed by atoms with Crippen LogP contribution in [0.3, 0.4) is 0 Å². The van der Waals surface area contributed by atoms with Gasteiger partial charge >= 0.3 is 0 Å². The van der Waals surface area contributed by atoms with Crippen LogP contribution >= 0.6 is 11.6 Å². The minimum Gasteiger partial charge on any atom is -0.324 e. The van der Waals surface area contributed by atoms with Crippen LogP contribution in [-0.2, 0) is 16.1 Å². The summed E-state index contributed by atoms with van der Waals surface area (Å²) in [5.74, 6) is -1.21. The highest BCUT2D eigenvalue weighted by Crippen LogP contribution is 2.36. The third kappa shape index (κ3) is 3.49. The van der Waals surface area contributed by atoms with E-state index in [-0.39, 0.29) is 35.1 Å². The molecule has 5 nitrogen and oxygen atoms in total. The van der Waals surface area contributed by atoms with Crippen molar-refractivity contribution in [2.24, 2.45) is 5.92 Å². The van der Waals surface area contributed by atoms with Crippen LogP contribution in [0.15, 0.2) is 36.5 Å². The van der Waals surface area contributed by atoms with Crippen molar-refractivity contribution in [3.05, 3.63) is 58.5 Å². The Bertz CT molecular complexity index is 914. The van der Waals surface area contributed by atoms with Crippen molar-refractivity contribution in [1.82, 2.24) is 9.88 Å². The molecule has 1 aliphatic heterocycles. The first kappa shape index (κ1) is 18.9. The molecule has 1 aromatic heterocycles. The highest BCUT2D eigenvalue weighted by molar-refractivity contribution is 6.30. The predicted molar refractivity (Wildman–Crippen MR) is 104 cm³/mol. The van der Waals surface area contributed by atoms with E-state index >= 15 is 0 Å². The fourth-order valence-electron chi connectivity index (χ4n) is 3.83. The van der Waals surface area contributed by atoms with E-state index in [4.69, 9.17) is 11.6 Å². The molecule has 146 valence electrons. The van der Waals surface area contributed by atoms with Crippen molar-refractivity contribution < 1.29 is 14.0 Å². The Balaban J connectivity index is 1.65. The monoisotopic (exact) mass is 401 g/mol. The smallest absolute Gasteiger partial charge is 0.251 e. The molecule has 2 fully saturated rings. The van der Waals surface area contributed by atoms with Crippen LogP contribution in [0.1, 0.15) is 30.4 Å². The molecule has 0 radical (unpaired) electrons. The minimum atomic E-state index is -0.701. The molecule has 1 aliphatic carbocycles. The van der Waals surface area contributed by atoms with Gasteiger partial charge in [0.15, 0.2) is 11.6 Å². The molecule has 4 rings (SSSR count). The second kappa shape index (κ2) is 7.51. The van der Waals surface area contributed by atoms with Crippen LogP contribution in [0.2, 0.25) is 5.02 Å². The highest BCUT2D eigenvalue weighted by Gasteiger charge is 2.46. The van der Waals surface area contributed by atoms with Gasteiger partial charge in [-0.15, -0.1) is 0 Å². The van der Waals surface area contributed by atoms with Gasteiger partial charge < -0.3 is 4.90 Å². The van der Waals surface area contributed by atoms with Crippen LogP contribution in [-0.4, -0.2) is 34.3 Å². The van der Waals surface area contributed by atoms with Crippen LogP contribution in [0, 0.1) is 18.7 Å². The largest absolute Gasteiger partial charge is 0.324 e. The number of halogens is 2. The van der Waals surface area contributed by atoms with Crippen LogP contribution in [0.4, 0.5) is 10.2 Å². The fourth-order valence-corrected chi connectivity index (χ4v) is 3.97. The summed E-state index contributed by atoms with van der Waals surface area (Å²) in [5.41, 5.74) is 2.11. The SMILES string of the molecule is Cc1ccc(CN2C(=O)CN(c3ncc(Cl)cc3F)C(=O)C2C2CCC2)cc1. The van der Waals surface area contributed by atoms with Gasteiger partial charge in [-0.05, 0) is 37.3 Å². The van der Waals surface area contributed by atoms with Crippen molar-refractivity contribution in [1.29, 1.82) is 0 Å². The maximum absolute atomic E-state index is 14.4. The van der Waals surface area contributed by atoms with E-state index in [1.54, 1.807) is 4.90 Å². The lowest BCUT2D eigenvalue weighted by atomic mass is 9.77. The fraction of sp³-hybridized carbons (Fsp3) is 0.381. The van der Waals surface area contributed by atoms with Crippen LogP contribution in [0.25, 0.3) is 0 Å². The Morgan fingerprint density at radius 2 is 1.93 bits per heavy atom. The van der Waals surface area contributed by atoms with Crippen LogP contribution in [0.5, 0.6) is 0 Å². The van der Waals surface area contributed by atoms with Gasteiger partial charge in [0.1, 0.15) is 12.6 Å². The molecule has 0 spiro atoms. The molecular weight excluding hydrogens is 381 g/mol. The Hall–Kier alpha value is -2.47. The van der Waals surface area contributed by atoms with Crippen molar-refractivity contribution in [3.63, 3.8) is 0 Å². The quantitative estimate of drug-likeness (QED) is 0.784. The van der Waals surface area contributed by atoms with E-state index in [2.05, 4.69) is 4.98 Å². The molecule has 0 N–H and O–H groups in total. The average Bonchev–Trinajstić information content (AvgIpc) is 2.61. The standard InChI is InChI=1S/C21H21ClFN3O2/c1-13-5-7-14(8-6-13)11-25-18(27)12-26(20-17(23)9-16(22)10-24-20)21(28)19(25)15-3-2-4-15/h5-10,15,19H,2-4,11-12H2,1H3. The Labute approximate surface area is 168 Å². The van der Waals surface area contributed by atoms with Gasteiger partial charge in [0.25, 0.3) is 5.91 Å². The number of aromatic nitrogens is 1. The Morgan fingerprint density at radius 3 is 2.54 bits per heavy atom. The molecule has 1 saturated carbocycles. The molecule has 0 bridgehead atoms. The summed E-state index contributed by atoms with van der Waals surface area (Å²) in [6.45, 7) is 2.15. The molecule has 2 amide bonds. The number of hydrogen-bond acceptors (Lipinski definition) is 3. The summed E-state index contributed by atoms with van der Waals surface area (Å²) in [7, 11) is 0. The van der Waals surface area contributed by atoms with Gasteiger partial charge in [-0.25, -0.2) is 9.37 Å². The van der Waals surface area contributed by atoms with Gasteiger partial charge in [-0.1, -0.05) is 47.9 Å². The highest BCUT2D eigenvalue weighted by atomic mass is 35.5. The molecule has 1 unspecified atom stereocenters. The third-order valence-electron chi connectivity index (χ3n) is 5.58. The minimum absolute atomic E-state index is 0.0973. The molecule has 28 heavy (non-hydrogen) atoms. The zero-order valence-electron chi connectivity index (χ0n) is 15.6. The molecule has 1 aromatic carbocycles. The number of benzene rings is 1. The summed E-state index contributed by atoms with van der Waals surface area (Å²) < 4.78 is 14.4. The van der Waals surface area contributed by atoms with E-state index < -0.39 is 11.9 Å². The van der Waals surface area contributed by atoms with Gasteiger partial charge in [0.2, 0.25) is 5.91 Å². The van der Waals surface area contributed by atoms with Crippen molar-refractivity contribution in [2.45, 2.75) is 38.8 Å². The summed E-state index contributed by atoms with van der Waals surface area (Å²) in [4.78, 5) is 33.1. The number of carbonyl (C=O) groups excluding carboxylic acids is 2. The number of anilines is 1. The number of piperazine rings is 1. The topological polar surface area (TPSA) is 53.5 Å². The number of aryl methyl sites for hydroxylation is 1. The Morgan fingerprint density at radius 1 is 1.21 bits per heavy atom. The van der Waals surface area contributed by atoms with E-state index in [1.807, 2.05) is 31.2 Å². The number of amides is 2. The first-order valence-electron chi connectivity index (χ1n) is 9.41. The summed E-state index contributed by atoms with van der Waals surface area (Å²) >= 11 is 5.78. The van der Waals surface area contributed by atoms with E-state index in [0.29, 0.717) is 6.54 Å². The number of nitrogens with zero attached hydrogens (tertiary/aromatic N) is 3. The summed E-state index contributed by atoms with van der Waals surface area (Å²) in [6.07, 6.45) is 4.10. The Kier molecular flexibility index (Phi) is 5.06. The lowest BCUT2D eigenvalue weighted by Crippen LogP contribution is -2.63. The van der Waals surface area contributed by atoms with Gasteiger partial charge in [0, 0.05) is 12.7 Å². The normalized spacial score (nSPS) is 20.5. The number of carbonyl (C=O) groups is 2. The zero-order chi connectivity index (χ0) is 19.8. The van der Waals surface area contributed by atoms with E-state index in [9.17, 15) is 14.0 Å². The van der Waals surface area contributed by atoms with Crippen LogP contribution < -0.4 is 4.90 Å². The van der Waals surface area contributed by atoms with Crippen molar-refractivity contribution in [2.75, 3.05) is 11.4 Å². The average molecular weight is 402 g/mol. The number of hydrogen-bond donors (Lipinski definition) is 0. The van der Waals surface area contributed by atoms with Crippen molar-refractivity contribution >= 4 is 29.2 Å². The molecule has 2 heterocycles. The second-order valence-corrected chi connectivity index (χ2v) is 7.96. The number of rotatable bonds is 4. The van der Waals surface area contributed by atoms with Gasteiger partial charge in [-0.2, -0.15) is 0 Å². The van der Waals surface area contributed by atoms with Crippen molar-refractivity contribution in [3.8, 4) is 0 Å². The van der Waals surface area contributed by atoms with E-state index in [1.165, 1.54) is 11.1 Å². The molecule has 1 atom stereocenters. The third-order valence-corrected chi connectivity index (χ3v) is 5.79. The predicted octanol–water partition coefficient (Wildman–Crippen LogP) is 3.73. The first-order chi connectivity index (χ1) is 13.4. The van der Waals surface area contributed by atoms with Gasteiger partial charge in [-0.3, -0.25) is 14.5 Å². The summed E-state index contributed by atoms with van der Waals surface area (Å²) in [6, 6.07) is 8.44. The van der Waals surface area contributed by atoms with E-state index in [0.717, 1.165) is 36.5 Å². The first-order valence-corrected chi connectivity index (χ1v) is 9.79. The second-order valence-electron chi connectivity index (χ2n) is 7.53. The lowest BCUT2D eigenvalue weighted by Gasteiger charge is -2.45. The molecule has 2 aromatic rings. The number of pyridine rings is 1. The zero-order valence-corrected chi connectivity index (χ0v) is 16.3. The molecule has 1 saturated heterocycles. The molecule has 2 aliphatic rings. The van der Waals surface area contributed by atoms with Gasteiger partial charge in [0.05, 0.1) is 5.02 Å². The molecular formula is C21H21ClFN3O2. The molecule has 7 heteroatoms. The maximum Gasteiger partial charge on any atom is 0.251 e. The lowest BCUT2D eigenvalue weighted by molar-refractivity contribution is -0.147. The summed E-state index contributed by atoms with van der Waals surface area (Å²) in [5, 5.41) is 0.147. The maximum atomic E-state index is 14.4.